The lowest BCUT2D eigenvalue weighted by Gasteiger charge is -2.33. The zero-order valence-electron chi connectivity index (χ0n) is 23.2. The van der Waals surface area contributed by atoms with Crippen molar-refractivity contribution in [1.82, 2.24) is 9.80 Å². The minimum absolute atomic E-state index is 0.00108. The molecule has 1 N–H and O–H groups in total. The molecule has 1 aliphatic carbocycles. The van der Waals surface area contributed by atoms with E-state index in [4.69, 9.17) is 14.2 Å². The summed E-state index contributed by atoms with van der Waals surface area (Å²) in [7, 11) is 3.05. The molecule has 1 aromatic carbocycles. The minimum atomic E-state index is -0.646. The number of carbonyl (C=O) groups is 2. The molecular formula is C30H40N2O6. The van der Waals surface area contributed by atoms with E-state index in [-0.39, 0.29) is 22.7 Å². The highest BCUT2D eigenvalue weighted by molar-refractivity contribution is 6.46. The number of nitrogens with zero attached hydrogens (tertiary/aromatic N) is 2. The average molecular weight is 525 g/mol. The Kier molecular flexibility index (Phi) is 8.63. The summed E-state index contributed by atoms with van der Waals surface area (Å²) in [5, 5.41) is 11.4. The number of methoxy groups -OCH3 is 2. The third-order valence-electron chi connectivity index (χ3n) is 7.62. The van der Waals surface area contributed by atoms with Crippen LogP contribution < -0.4 is 9.47 Å². The number of ether oxygens (including phenoxy) is 3. The largest absolute Gasteiger partial charge is 0.507 e. The van der Waals surface area contributed by atoms with Crippen molar-refractivity contribution in [3.63, 3.8) is 0 Å². The fourth-order valence-electron chi connectivity index (χ4n) is 5.45. The highest BCUT2D eigenvalue weighted by Gasteiger charge is 2.48. The second kappa shape index (κ2) is 11.7. The number of hydrogen-bond donors (Lipinski definition) is 1. The van der Waals surface area contributed by atoms with Gasteiger partial charge in [-0.1, -0.05) is 39.0 Å². The number of aliphatic hydroxyl groups is 1. The van der Waals surface area contributed by atoms with Gasteiger partial charge in [0.1, 0.15) is 5.76 Å². The van der Waals surface area contributed by atoms with Crippen molar-refractivity contribution in [2.45, 2.75) is 39.7 Å². The molecule has 1 amide bonds. The van der Waals surface area contributed by atoms with Crippen LogP contribution in [0.25, 0.3) is 5.76 Å². The topological polar surface area (TPSA) is 88.5 Å². The zero-order valence-corrected chi connectivity index (χ0v) is 23.2. The molecule has 0 saturated carbocycles. The van der Waals surface area contributed by atoms with E-state index in [1.54, 1.807) is 23.1 Å². The number of carbonyl (C=O) groups excluding carboxylic acids is 2. The fraction of sp³-hybridized carbons (Fsp3) is 0.533. The maximum Gasteiger partial charge on any atom is 0.295 e. The van der Waals surface area contributed by atoms with E-state index in [2.05, 4.69) is 43.9 Å². The predicted octanol–water partition coefficient (Wildman–Crippen LogP) is 4.02. The van der Waals surface area contributed by atoms with Gasteiger partial charge in [0.25, 0.3) is 11.7 Å². The molecule has 0 aromatic heterocycles. The van der Waals surface area contributed by atoms with Gasteiger partial charge in [-0.15, -0.1) is 0 Å². The first-order valence-corrected chi connectivity index (χ1v) is 13.4. The average Bonchev–Trinajstić information content (AvgIpc) is 3.17. The lowest BCUT2D eigenvalue weighted by Crippen LogP contribution is -2.42. The van der Waals surface area contributed by atoms with Gasteiger partial charge in [-0.25, -0.2) is 0 Å². The van der Waals surface area contributed by atoms with Crippen molar-refractivity contribution < 1.29 is 28.9 Å². The molecule has 2 saturated heterocycles. The number of benzene rings is 1. The molecular weight excluding hydrogens is 484 g/mol. The van der Waals surface area contributed by atoms with Gasteiger partial charge in [0, 0.05) is 37.7 Å². The van der Waals surface area contributed by atoms with Crippen LogP contribution in [0.5, 0.6) is 11.5 Å². The van der Waals surface area contributed by atoms with Crippen LogP contribution in [0, 0.1) is 11.3 Å². The number of allylic oxidation sites excluding steroid dienone is 3. The Morgan fingerprint density at radius 1 is 1.08 bits per heavy atom. The highest BCUT2D eigenvalue weighted by Crippen LogP contribution is 2.40. The van der Waals surface area contributed by atoms with Crippen LogP contribution in [0.3, 0.4) is 0 Å². The van der Waals surface area contributed by atoms with Crippen molar-refractivity contribution in [2.24, 2.45) is 11.3 Å². The molecule has 38 heavy (non-hydrogen) atoms. The summed E-state index contributed by atoms with van der Waals surface area (Å²) < 4.78 is 16.2. The Morgan fingerprint density at radius 2 is 1.79 bits per heavy atom. The number of hydrogen-bond acceptors (Lipinski definition) is 7. The van der Waals surface area contributed by atoms with E-state index in [0.29, 0.717) is 43.2 Å². The van der Waals surface area contributed by atoms with Crippen LogP contribution in [0.2, 0.25) is 0 Å². The minimum Gasteiger partial charge on any atom is -0.507 e. The van der Waals surface area contributed by atoms with E-state index >= 15 is 0 Å². The number of rotatable bonds is 8. The van der Waals surface area contributed by atoms with Crippen molar-refractivity contribution >= 4 is 17.4 Å². The van der Waals surface area contributed by atoms with Gasteiger partial charge in [-0.2, -0.15) is 0 Å². The van der Waals surface area contributed by atoms with E-state index in [0.717, 1.165) is 26.1 Å². The van der Waals surface area contributed by atoms with Gasteiger partial charge in [0.15, 0.2) is 11.5 Å². The molecule has 2 heterocycles. The summed E-state index contributed by atoms with van der Waals surface area (Å²) >= 11 is 0. The molecule has 0 spiro atoms. The van der Waals surface area contributed by atoms with E-state index < -0.39 is 17.7 Å². The molecule has 1 aromatic rings. The molecule has 8 heteroatoms. The predicted molar refractivity (Wildman–Crippen MR) is 146 cm³/mol. The molecule has 206 valence electrons. The lowest BCUT2D eigenvalue weighted by molar-refractivity contribution is -0.140. The summed E-state index contributed by atoms with van der Waals surface area (Å²) in [4.78, 5) is 30.7. The standard InChI is InChI=1S/C30H40N2O6/c1-30(2,3)22-10-7-20(8-11-22)26-25(27(33)21-9-12-23(36-4)24(19-21)37-5)28(34)29(35)32(26)14-6-13-31-15-17-38-18-16-31/h7,9-12,19-20,26,33H,6,8,13-18H2,1-5H3/b27-25+/t20-,26-/m0/s1. The van der Waals surface area contributed by atoms with Crippen molar-refractivity contribution in [3.8, 4) is 11.5 Å². The van der Waals surface area contributed by atoms with E-state index in [9.17, 15) is 14.7 Å². The van der Waals surface area contributed by atoms with Crippen LogP contribution in [-0.4, -0.2) is 86.3 Å². The van der Waals surface area contributed by atoms with Crippen molar-refractivity contribution in [2.75, 3.05) is 53.6 Å². The molecule has 0 unspecified atom stereocenters. The molecule has 0 bridgehead atoms. The molecule has 0 radical (unpaired) electrons. The van der Waals surface area contributed by atoms with Gasteiger partial charge >= 0.3 is 0 Å². The first kappa shape index (κ1) is 27.9. The normalized spacial score (nSPS) is 24.0. The number of ketones is 1. The summed E-state index contributed by atoms with van der Waals surface area (Å²) in [6.45, 7) is 10.9. The van der Waals surface area contributed by atoms with Crippen LogP contribution in [-0.2, 0) is 14.3 Å². The Bertz CT molecular complexity index is 1140. The van der Waals surface area contributed by atoms with Crippen LogP contribution in [0.1, 0.15) is 39.2 Å². The van der Waals surface area contributed by atoms with Gasteiger partial charge in [0.05, 0.1) is 39.0 Å². The maximum absolute atomic E-state index is 13.4. The Hall–Kier alpha value is -3.10. The molecule has 8 nitrogen and oxygen atoms in total. The highest BCUT2D eigenvalue weighted by atomic mass is 16.5. The number of Topliss-reactive ketones (excluding diaryl/α,β-unsaturated/α-hetero) is 1. The van der Waals surface area contributed by atoms with Crippen molar-refractivity contribution in [1.29, 1.82) is 0 Å². The molecule has 2 aliphatic heterocycles. The Balaban J connectivity index is 1.67. The first-order valence-electron chi connectivity index (χ1n) is 13.4. The fourth-order valence-corrected chi connectivity index (χ4v) is 5.45. The quantitative estimate of drug-likeness (QED) is 0.312. The van der Waals surface area contributed by atoms with Crippen LogP contribution >= 0.6 is 0 Å². The van der Waals surface area contributed by atoms with Gasteiger partial charge in [-0.05, 0) is 42.0 Å². The Labute approximate surface area is 225 Å². The first-order chi connectivity index (χ1) is 18.2. The molecule has 2 fully saturated rings. The third kappa shape index (κ3) is 5.81. The van der Waals surface area contributed by atoms with Crippen molar-refractivity contribution in [3.05, 3.63) is 53.1 Å². The molecule has 2 atom stereocenters. The summed E-state index contributed by atoms with van der Waals surface area (Å²) in [6, 6.07) is 4.43. The van der Waals surface area contributed by atoms with E-state index in [1.165, 1.54) is 19.8 Å². The second-order valence-electron chi connectivity index (χ2n) is 11.1. The van der Waals surface area contributed by atoms with Gasteiger partial charge < -0.3 is 24.2 Å². The van der Waals surface area contributed by atoms with E-state index in [1.807, 2.05) is 0 Å². The summed E-state index contributed by atoms with van der Waals surface area (Å²) in [6.07, 6.45) is 7.79. The maximum atomic E-state index is 13.4. The molecule has 3 aliphatic rings. The van der Waals surface area contributed by atoms with Crippen LogP contribution in [0.4, 0.5) is 0 Å². The number of likely N-dealkylation sites (tertiary alicyclic amines) is 1. The number of amides is 1. The Morgan fingerprint density at radius 3 is 2.39 bits per heavy atom. The van der Waals surface area contributed by atoms with Gasteiger partial charge in [0.2, 0.25) is 0 Å². The SMILES string of the molecule is COc1ccc(/C(O)=C2\C(=O)C(=O)N(CCCN3CCOCC3)[C@H]2[C@H]2C=CC(C(C)(C)C)=CC2)cc1OC. The lowest BCUT2D eigenvalue weighted by atomic mass is 9.78. The van der Waals surface area contributed by atoms with Gasteiger partial charge in [-0.3, -0.25) is 14.5 Å². The third-order valence-corrected chi connectivity index (χ3v) is 7.62. The second-order valence-corrected chi connectivity index (χ2v) is 11.1. The number of morpholine rings is 1. The smallest absolute Gasteiger partial charge is 0.295 e. The number of aliphatic hydroxyl groups excluding tert-OH is 1. The summed E-state index contributed by atoms with van der Waals surface area (Å²) in [5.41, 5.74) is 1.78. The van der Waals surface area contributed by atoms with Crippen LogP contribution in [0.15, 0.2) is 47.6 Å². The summed E-state index contributed by atoms with van der Waals surface area (Å²) in [5.74, 6) is -0.575. The molecule has 4 rings (SSSR count). The monoisotopic (exact) mass is 524 g/mol. The zero-order chi connectivity index (χ0) is 27.4.